The monoisotopic (exact) mass is 319 g/mol. The van der Waals surface area contributed by atoms with E-state index < -0.39 is 9.84 Å². The Bertz CT molecular complexity index is 590. The third kappa shape index (κ3) is 6.23. The SMILES string of the molecule is CN(CCS(C)(=O)=O)CC(=O)Nc1cc(Cl)ccc1N. The number of carbonyl (C=O) groups is 1. The fraction of sp³-hybridized carbons (Fsp3) is 0.417. The van der Waals surface area contributed by atoms with Crippen molar-refractivity contribution < 1.29 is 13.2 Å². The van der Waals surface area contributed by atoms with Crippen LogP contribution in [0, 0.1) is 0 Å². The highest BCUT2D eigenvalue weighted by molar-refractivity contribution is 7.90. The van der Waals surface area contributed by atoms with Gasteiger partial charge in [-0.15, -0.1) is 0 Å². The highest BCUT2D eigenvalue weighted by Crippen LogP contribution is 2.22. The van der Waals surface area contributed by atoms with Crippen LogP contribution in [0.5, 0.6) is 0 Å². The Labute approximate surface area is 123 Å². The second-order valence-electron chi connectivity index (χ2n) is 4.65. The molecule has 0 aromatic heterocycles. The number of rotatable bonds is 6. The van der Waals surface area contributed by atoms with Crippen molar-refractivity contribution in [1.29, 1.82) is 0 Å². The average molecular weight is 320 g/mol. The molecule has 112 valence electrons. The molecule has 0 aliphatic carbocycles. The van der Waals surface area contributed by atoms with E-state index in [0.29, 0.717) is 16.4 Å². The molecule has 1 rings (SSSR count). The summed E-state index contributed by atoms with van der Waals surface area (Å²) in [6, 6.07) is 4.79. The van der Waals surface area contributed by atoms with Crippen LogP contribution in [0.2, 0.25) is 5.02 Å². The zero-order valence-electron chi connectivity index (χ0n) is 11.4. The summed E-state index contributed by atoms with van der Waals surface area (Å²) >= 11 is 5.82. The molecule has 1 amide bonds. The van der Waals surface area contributed by atoms with Gasteiger partial charge >= 0.3 is 0 Å². The Morgan fingerprint density at radius 1 is 1.45 bits per heavy atom. The first-order valence-corrected chi connectivity index (χ1v) is 8.32. The number of nitrogens with one attached hydrogen (secondary N) is 1. The maximum Gasteiger partial charge on any atom is 0.238 e. The van der Waals surface area contributed by atoms with Crippen molar-refractivity contribution in [2.24, 2.45) is 0 Å². The number of sulfone groups is 1. The standard InChI is InChI=1S/C12H18ClN3O3S/c1-16(5-6-20(2,18)19)8-12(17)15-11-7-9(13)3-4-10(11)14/h3-4,7H,5-6,8,14H2,1-2H3,(H,15,17). The number of halogens is 1. The van der Waals surface area contributed by atoms with E-state index in [2.05, 4.69) is 5.32 Å². The van der Waals surface area contributed by atoms with Crippen molar-refractivity contribution in [3.05, 3.63) is 23.2 Å². The van der Waals surface area contributed by atoms with Crippen molar-refractivity contribution in [3.8, 4) is 0 Å². The topological polar surface area (TPSA) is 92.5 Å². The Balaban J connectivity index is 2.53. The minimum Gasteiger partial charge on any atom is -0.397 e. The number of nitrogens with two attached hydrogens (primary N) is 1. The second-order valence-corrected chi connectivity index (χ2v) is 7.34. The second kappa shape index (κ2) is 6.92. The van der Waals surface area contributed by atoms with Crippen molar-refractivity contribution in [2.45, 2.75) is 0 Å². The molecule has 0 aliphatic heterocycles. The molecule has 1 aromatic carbocycles. The van der Waals surface area contributed by atoms with Crippen molar-refractivity contribution in [1.82, 2.24) is 4.90 Å². The molecular weight excluding hydrogens is 302 g/mol. The van der Waals surface area contributed by atoms with Gasteiger partial charge in [-0.3, -0.25) is 9.69 Å². The van der Waals surface area contributed by atoms with Gasteiger partial charge in [-0.05, 0) is 25.2 Å². The van der Waals surface area contributed by atoms with Gasteiger partial charge in [0.15, 0.2) is 0 Å². The van der Waals surface area contributed by atoms with Gasteiger partial charge in [0, 0.05) is 17.8 Å². The number of hydrogen-bond donors (Lipinski definition) is 2. The van der Waals surface area contributed by atoms with Crippen molar-refractivity contribution in [3.63, 3.8) is 0 Å². The first-order chi connectivity index (χ1) is 9.17. The summed E-state index contributed by atoms with van der Waals surface area (Å²) in [4.78, 5) is 13.4. The fourth-order valence-electron chi connectivity index (χ4n) is 1.47. The fourth-order valence-corrected chi connectivity index (χ4v) is 2.29. The van der Waals surface area contributed by atoms with Crippen molar-refractivity contribution in [2.75, 3.05) is 43.2 Å². The summed E-state index contributed by atoms with van der Waals surface area (Å²) in [6.07, 6.45) is 1.16. The summed E-state index contributed by atoms with van der Waals surface area (Å²) in [6.45, 7) is 0.360. The normalized spacial score (nSPS) is 11.6. The van der Waals surface area contributed by atoms with E-state index in [9.17, 15) is 13.2 Å². The lowest BCUT2D eigenvalue weighted by Gasteiger charge is -2.16. The molecule has 0 saturated heterocycles. The number of hydrogen-bond acceptors (Lipinski definition) is 5. The number of nitrogens with zero attached hydrogens (tertiary/aromatic N) is 1. The van der Waals surface area contributed by atoms with Gasteiger partial charge in [0.1, 0.15) is 9.84 Å². The summed E-state index contributed by atoms with van der Waals surface area (Å²) in [7, 11) is -1.36. The molecule has 0 unspecified atom stereocenters. The molecule has 0 radical (unpaired) electrons. The molecule has 0 fully saturated rings. The molecular formula is C12H18ClN3O3S. The van der Waals surface area contributed by atoms with E-state index >= 15 is 0 Å². The summed E-state index contributed by atoms with van der Waals surface area (Å²) in [5.74, 6) is -0.272. The van der Waals surface area contributed by atoms with Gasteiger partial charge in [-0.25, -0.2) is 8.42 Å². The largest absolute Gasteiger partial charge is 0.397 e. The number of anilines is 2. The minimum atomic E-state index is -3.04. The molecule has 6 nitrogen and oxygen atoms in total. The van der Waals surface area contributed by atoms with Gasteiger partial charge in [-0.2, -0.15) is 0 Å². The van der Waals surface area contributed by atoms with Crippen LogP contribution in [-0.2, 0) is 14.6 Å². The molecule has 3 N–H and O–H groups in total. The molecule has 0 heterocycles. The van der Waals surface area contributed by atoms with E-state index in [1.54, 1.807) is 30.1 Å². The number of amides is 1. The van der Waals surface area contributed by atoms with E-state index in [4.69, 9.17) is 17.3 Å². The number of carbonyl (C=O) groups excluding carboxylic acids is 1. The number of likely N-dealkylation sites (N-methyl/N-ethyl adjacent to an activating group) is 1. The molecule has 20 heavy (non-hydrogen) atoms. The van der Waals surface area contributed by atoms with E-state index in [0.717, 1.165) is 6.26 Å². The predicted molar refractivity (Wildman–Crippen MR) is 81.7 cm³/mol. The molecule has 0 aliphatic rings. The van der Waals surface area contributed by atoms with E-state index in [1.165, 1.54) is 0 Å². The van der Waals surface area contributed by atoms with Crippen LogP contribution in [-0.4, -0.2) is 51.4 Å². The number of benzene rings is 1. The Morgan fingerprint density at radius 2 is 2.10 bits per heavy atom. The highest BCUT2D eigenvalue weighted by atomic mass is 35.5. The summed E-state index contributed by atoms with van der Waals surface area (Å²) < 4.78 is 22.1. The molecule has 0 bridgehead atoms. The Hall–Kier alpha value is -1.31. The lowest BCUT2D eigenvalue weighted by molar-refractivity contribution is -0.117. The van der Waals surface area contributed by atoms with E-state index in [-0.39, 0.29) is 24.7 Å². The van der Waals surface area contributed by atoms with Crippen LogP contribution in [0.25, 0.3) is 0 Å². The molecule has 0 spiro atoms. The third-order valence-corrected chi connectivity index (χ3v) is 3.71. The van der Waals surface area contributed by atoms with E-state index in [1.807, 2.05) is 0 Å². The van der Waals surface area contributed by atoms with Crippen LogP contribution < -0.4 is 11.1 Å². The third-order valence-electron chi connectivity index (χ3n) is 2.55. The van der Waals surface area contributed by atoms with Crippen molar-refractivity contribution >= 4 is 38.7 Å². The lowest BCUT2D eigenvalue weighted by Crippen LogP contribution is -2.33. The minimum absolute atomic E-state index is 0.0100. The molecule has 1 aromatic rings. The van der Waals surface area contributed by atoms with Crippen LogP contribution >= 0.6 is 11.6 Å². The van der Waals surface area contributed by atoms with Crippen LogP contribution in [0.15, 0.2) is 18.2 Å². The average Bonchev–Trinajstić information content (AvgIpc) is 2.30. The quantitative estimate of drug-likeness (QED) is 0.758. The summed E-state index contributed by atoms with van der Waals surface area (Å²) in [5, 5.41) is 3.11. The zero-order valence-corrected chi connectivity index (χ0v) is 13.0. The maximum atomic E-state index is 11.8. The summed E-state index contributed by atoms with van der Waals surface area (Å²) in [5.41, 5.74) is 6.58. The number of nitrogen functional groups attached to an aromatic ring is 1. The Morgan fingerprint density at radius 3 is 2.70 bits per heavy atom. The molecule has 8 heteroatoms. The first kappa shape index (κ1) is 16.7. The predicted octanol–water partition coefficient (Wildman–Crippen LogP) is 0.837. The Kier molecular flexibility index (Phi) is 5.79. The maximum absolute atomic E-state index is 11.8. The highest BCUT2D eigenvalue weighted by Gasteiger charge is 2.11. The smallest absolute Gasteiger partial charge is 0.238 e. The first-order valence-electron chi connectivity index (χ1n) is 5.88. The lowest BCUT2D eigenvalue weighted by atomic mass is 10.2. The van der Waals surface area contributed by atoms with Crippen LogP contribution in [0.4, 0.5) is 11.4 Å². The van der Waals surface area contributed by atoms with Gasteiger partial charge in [-0.1, -0.05) is 11.6 Å². The van der Waals surface area contributed by atoms with Gasteiger partial charge in [0.25, 0.3) is 0 Å². The zero-order chi connectivity index (χ0) is 15.3. The van der Waals surface area contributed by atoms with Gasteiger partial charge in [0.2, 0.25) is 5.91 Å². The van der Waals surface area contributed by atoms with Gasteiger partial charge < -0.3 is 11.1 Å². The molecule has 0 atom stereocenters. The van der Waals surface area contributed by atoms with Crippen LogP contribution in [0.3, 0.4) is 0 Å². The van der Waals surface area contributed by atoms with Gasteiger partial charge in [0.05, 0.1) is 23.7 Å². The molecule has 0 saturated carbocycles. The van der Waals surface area contributed by atoms with Crippen LogP contribution in [0.1, 0.15) is 0 Å².